The molecule has 6 nitrogen and oxygen atoms in total. The maximum Gasteiger partial charge on any atom is 0.291 e. The molecule has 1 atom stereocenters. The van der Waals surface area contributed by atoms with Crippen LogP contribution in [0, 0.1) is 5.92 Å². The Bertz CT molecular complexity index is 883. The zero-order valence-corrected chi connectivity index (χ0v) is 17.2. The minimum atomic E-state index is -0.276. The first-order chi connectivity index (χ1) is 14.0. The summed E-state index contributed by atoms with van der Waals surface area (Å²) in [6, 6.07) is 11.2. The van der Waals surface area contributed by atoms with Crippen LogP contribution in [0.1, 0.15) is 55.8 Å². The molecule has 2 saturated heterocycles. The van der Waals surface area contributed by atoms with Gasteiger partial charge in [0.05, 0.1) is 6.54 Å². The molecule has 1 N–H and O–H groups in total. The van der Waals surface area contributed by atoms with Crippen molar-refractivity contribution in [3.8, 4) is 0 Å². The summed E-state index contributed by atoms with van der Waals surface area (Å²) in [5.41, 5.74) is 1.47. The standard InChI is InChI=1S/C23H29N3O3/c1-16-10-12-25(13-11-16)15-20-7-8-21(29-20)23(28)24-18-4-3-5-19(14-18)26-17(2)6-9-22(26)27/h3-5,7-8,14,16-17H,6,9-13,15H2,1-2H3,(H,24,28). The van der Waals surface area contributed by atoms with Crippen LogP contribution in [0.4, 0.5) is 11.4 Å². The van der Waals surface area contributed by atoms with Crippen LogP contribution in [0.5, 0.6) is 0 Å². The predicted molar refractivity (Wildman–Crippen MR) is 113 cm³/mol. The maximum absolute atomic E-state index is 12.6. The molecule has 6 heteroatoms. The molecule has 2 amide bonds. The van der Waals surface area contributed by atoms with Gasteiger partial charge in [0.15, 0.2) is 5.76 Å². The average Bonchev–Trinajstić information content (AvgIpc) is 3.30. The summed E-state index contributed by atoms with van der Waals surface area (Å²) in [4.78, 5) is 28.9. The molecule has 3 heterocycles. The molecule has 2 fully saturated rings. The molecule has 0 spiro atoms. The number of carbonyl (C=O) groups excluding carboxylic acids is 2. The molecule has 4 rings (SSSR count). The second-order valence-electron chi connectivity index (χ2n) is 8.38. The van der Waals surface area contributed by atoms with Crippen molar-refractivity contribution in [3.05, 3.63) is 47.9 Å². The fourth-order valence-electron chi connectivity index (χ4n) is 4.18. The third kappa shape index (κ3) is 4.53. The molecule has 1 aromatic heterocycles. The smallest absolute Gasteiger partial charge is 0.291 e. The first-order valence-corrected chi connectivity index (χ1v) is 10.5. The lowest BCUT2D eigenvalue weighted by atomic mass is 9.99. The molecule has 0 bridgehead atoms. The number of nitrogens with one attached hydrogen (secondary N) is 1. The number of benzene rings is 1. The van der Waals surface area contributed by atoms with E-state index in [4.69, 9.17) is 4.42 Å². The van der Waals surface area contributed by atoms with Crippen molar-refractivity contribution in [1.29, 1.82) is 0 Å². The third-order valence-electron chi connectivity index (χ3n) is 6.01. The fourth-order valence-corrected chi connectivity index (χ4v) is 4.18. The van der Waals surface area contributed by atoms with E-state index >= 15 is 0 Å². The lowest BCUT2D eigenvalue weighted by molar-refractivity contribution is -0.117. The van der Waals surface area contributed by atoms with Gasteiger partial charge in [-0.3, -0.25) is 14.5 Å². The van der Waals surface area contributed by atoms with Crippen LogP contribution < -0.4 is 10.2 Å². The summed E-state index contributed by atoms with van der Waals surface area (Å²) >= 11 is 0. The topological polar surface area (TPSA) is 65.8 Å². The first-order valence-electron chi connectivity index (χ1n) is 10.5. The summed E-state index contributed by atoms with van der Waals surface area (Å²) in [5.74, 6) is 1.76. The van der Waals surface area contributed by atoms with Gasteiger partial charge in [-0.05, 0) is 75.5 Å². The number of nitrogens with zero attached hydrogens (tertiary/aromatic N) is 2. The summed E-state index contributed by atoms with van der Waals surface area (Å²) in [6.07, 6.45) is 3.86. The maximum atomic E-state index is 12.6. The number of carbonyl (C=O) groups is 2. The highest BCUT2D eigenvalue weighted by Crippen LogP contribution is 2.28. The molecule has 1 unspecified atom stereocenters. The average molecular weight is 396 g/mol. The largest absolute Gasteiger partial charge is 0.455 e. The number of amides is 2. The van der Waals surface area contributed by atoms with E-state index in [9.17, 15) is 9.59 Å². The molecule has 0 radical (unpaired) electrons. The van der Waals surface area contributed by atoms with E-state index in [1.54, 1.807) is 11.0 Å². The molecular formula is C23H29N3O3. The monoisotopic (exact) mass is 395 g/mol. The third-order valence-corrected chi connectivity index (χ3v) is 6.01. The van der Waals surface area contributed by atoms with Gasteiger partial charge in [-0.15, -0.1) is 0 Å². The summed E-state index contributed by atoms with van der Waals surface area (Å²) in [5, 5.41) is 2.89. The lowest BCUT2D eigenvalue weighted by Crippen LogP contribution is -2.32. The van der Waals surface area contributed by atoms with Crippen molar-refractivity contribution >= 4 is 23.2 Å². The van der Waals surface area contributed by atoms with Gasteiger partial charge in [0.1, 0.15) is 5.76 Å². The highest BCUT2D eigenvalue weighted by atomic mass is 16.4. The van der Waals surface area contributed by atoms with Gasteiger partial charge in [-0.1, -0.05) is 13.0 Å². The number of rotatable bonds is 5. The van der Waals surface area contributed by atoms with E-state index in [0.29, 0.717) is 17.9 Å². The minimum absolute atomic E-state index is 0.128. The van der Waals surface area contributed by atoms with Crippen LogP contribution in [0.2, 0.25) is 0 Å². The summed E-state index contributed by atoms with van der Waals surface area (Å²) in [6.45, 7) is 7.23. The zero-order valence-electron chi connectivity index (χ0n) is 17.2. The van der Waals surface area contributed by atoms with Crippen LogP contribution >= 0.6 is 0 Å². The molecule has 154 valence electrons. The number of piperidine rings is 1. The Labute approximate surface area is 171 Å². The summed E-state index contributed by atoms with van der Waals surface area (Å²) < 4.78 is 5.79. The van der Waals surface area contributed by atoms with Crippen molar-refractivity contribution in [3.63, 3.8) is 0 Å². The number of furan rings is 1. The lowest BCUT2D eigenvalue weighted by Gasteiger charge is -2.29. The SMILES string of the molecule is CC1CCN(Cc2ccc(C(=O)Nc3cccc(N4C(=O)CCC4C)c3)o2)CC1. The molecule has 29 heavy (non-hydrogen) atoms. The molecule has 2 aromatic rings. The van der Waals surface area contributed by atoms with Crippen LogP contribution in [0.25, 0.3) is 0 Å². The quantitative estimate of drug-likeness (QED) is 0.821. The van der Waals surface area contributed by atoms with Gasteiger partial charge in [0, 0.05) is 23.8 Å². The second kappa shape index (κ2) is 8.41. The van der Waals surface area contributed by atoms with Gasteiger partial charge in [-0.2, -0.15) is 0 Å². The Kier molecular flexibility index (Phi) is 5.72. The highest BCUT2D eigenvalue weighted by molar-refractivity contribution is 6.03. The Hall–Kier alpha value is -2.60. The van der Waals surface area contributed by atoms with Crippen LogP contribution in [-0.4, -0.2) is 35.8 Å². The van der Waals surface area contributed by atoms with E-state index in [1.807, 2.05) is 37.3 Å². The van der Waals surface area contributed by atoms with E-state index in [0.717, 1.165) is 43.4 Å². The van der Waals surface area contributed by atoms with Crippen LogP contribution in [-0.2, 0) is 11.3 Å². The normalized spacial score (nSPS) is 21.0. The van der Waals surface area contributed by atoms with Gasteiger partial charge in [0.25, 0.3) is 5.91 Å². The zero-order chi connectivity index (χ0) is 20.4. The molecule has 2 aliphatic rings. The van der Waals surface area contributed by atoms with E-state index in [1.165, 1.54) is 12.8 Å². The van der Waals surface area contributed by atoms with Gasteiger partial charge in [0.2, 0.25) is 5.91 Å². The Morgan fingerprint density at radius 1 is 1.14 bits per heavy atom. The van der Waals surface area contributed by atoms with Gasteiger partial charge < -0.3 is 14.6 Å². The highest BCUT2D eigenvalue weighted by Gasteiger charge is 2.29. The van der Waals surface area contributed by atoms with E-state index in [-0.39, 0.29) is 17.9 Å². The first kappa shape index (κ1) is 19.7. The van der Waals surface area contributed by atoms with Gasteiger partial charge >= 0.3 is 0 Å². The van der Waals surface area contributed by atoms with E-state index < -0.39 is 0 Å². The Morgan fingerprint density at radius 3 is 2.66 bits per heavy atom. The van der Waals surface area contributed by atoms with Gasteiger partial charge in [-0.25, -0.2) is 0 Å². The van der Waals surface area contributed by atoms with Crippen LogP contribution in [0.3, 0.4) is 0 Å². The Morgan fingerprint density at radius 2 is 1.93 bits per heavy atom. The fraction of sp³-hybridized carbons (Fsp3) is 0.478. The number of hydrogen-bond donors (Lipinski definition) is 1. The van der Waals surface area contributed by atoms with Crippen molar-refractivity contribution in [1.82, 2.24) is 4.90 Å². The predicted octanol–water partition coefficient (Wildman–Crippen LogP) is 4.28. The molecular weight excluding hydrogens is 366 g/mol. The Balaban J connectivity index is 1.39. The van der Waals surface area contributed by atoms with E-state index in [2.05, 4.69) is 17.1 Å². The van der Waals surface area contributed by atoms with Crippen molar-refractivity contribution in [2.24, 2.45) is 5.92 Å². The van der Waals surface area contributed by atoms with Crippen molar-refractivity contribution in [2.45, 2.75) is 52.1 Å². The minimum Gasteiger partial charge on any atom is -0.455 e. The molecule has 2 aliphatic heterocycles. The summed E-state index contributed by atoms with van der Waals surface area (Å²) in [7, 11) is 0. The molecule has 0 aliphatic carbocycles. The van der Waals surface area contributed by atoms with Crippen molar-refractivity contribution in [2.75, 3.05) is 23.3 Å². The second-order valence-corrected chi connectivity index (χ2v) is 8.38. The number of likely N-dealkylation sites (tertiary alicyclic amines) is 1. The molecule has 1 aromatic carbocycles. The molecule has 0 saturated carbocycles. The number of anilines is 2. The van der Waals surface area contributed by atoms with Crippen LogP contribution in [0.15, 0.2) is 40.8 Å². The van der Waals surface area contributed by atoms with Crippen molar-refractivity contribution < 1.29 is 14.0 Å². The number of hydrogen-bond acceptors (Lipinski definition) is 4.